The second kappa shape index (κ2) is 5.13. The molecule has 1 aromatic heterocycles. The molecule has 1 atom stereocenters. The van der Waals surface area contributed by atoms with Gasteiger partial charge in [-0.05, 0) is 32.8 Å². The van der Waals surface area contributed by atoms with Gasteiger partial charge in [0.05, 0.1) is 18.8 Å². The highest BCUT2D eigenvalue weighted by molar-refractivity contribution is 5.92. The topological polar surface area (TPSA) is 75.5 Å². The molecule has 0 saturated carbocycles. The number of hydrogen-bond acceptors (Lipinski definition) is 5. The highest BCUT2D eigenvalue weighted by Crippen LogP contribution is 2.27. The van der Waals surface area contributed by atoms with Crippen molar-refractivity contribution in [2.45, 2.75) is 38.3 Å². The minimum atomic E-state index is -0.911. The highest BCUT2D eigenvalue weighted by atomic mass is 16.5. The van der Waals surface area contributed by atoms with Crippen LogP contribution in [0, 0.1) is 0 Å². The second-order valence-electron chi connectivity index (χ2n) is 5.27. The van der Waals surface area contributed by atoms with Crippen molar-refractivity contribution in [3.63, 3.8) is 0 Å². The van der Waals surface area contributed by atoms with E-state index < -0.39 is 5.60 Å². The first-order valence-corrected chi connectivity index (χ1v) is 6.34. The Bertz CT molecular complexity index is 453. The highest BCUT2D eigenvalue weighted by Gasteiger charge is 2.39. The Kier molecular flexibility index (Phi) is 3.71. The number of hydrogen-bond donors (Lipinski definition) is 1. The molecule has 19 heavy (non-hydrogen) atoms. The fourth-order valence-corrected chi connectivity index (χ4v) is 2.43. The predicted octanol–water partition coefficient (Wildman–Crippen LogP) is 0.861. The zero-order valence-corrected chi connectivity index (χ0v) is 11.5. The van der Waals surface area contributed by atoms with Gasteiger partial charge in [-0.15, -0.1) is 10.2 Å². The Morgan fingerprint density at radius 1 is 1.47 bits per heavy atom. The van der Waals surface area contributed by atoms with Crippen LogP contribution in [0.15, 0.2) is 12.1 Å². The van der Waals surface area contributed by atoms with E-state index in [2.05, 4.69) is 10.2 Å². The van der Waals surface area contributed by atoms with Gasteiger partial charge in [0.25, 0.3) is 5.91 Å². The van der Waals surface area contributed by atoms with Crippen LogP contribution in [0.5, 0.6) is 5.88 Å². The lowest BCUT2D eigenvalue weighted by molar-refractivity contribution is 0.0000665. The van der Waals surface area contributed by atoms with Gasteiger partial charge < -0.3 is 14.7 Å². The average molecular weight is 265 g/mol. The smallest absolute Gasteiger partial charge is 0.274 e. The Hall–Kier alpha value is -1.69. The van der Waals surface area contributed by atoms with E-state index >= 15 is 0 Å². The SMILES string of the molecule is COc1ccc(C(=O)N2CCCC2C(C)(C)O)nn1. The van der Waals surface area contributed by atoms with Crippen LogP contribution in [0.25, 0.3) is 0 Å². The number of nitrogens with zero attached hydrogens (tertiary/aromatic N) is 3. The van der Waals surface area contributed by atoms with Crippen LogP contribution in [0.3, 0.4) is 0 Å². The molecule has 6 nitrogen and oxygen atoms in total. The van der Waals surface area contributed by atoms with E-state index in [0.717, 1.165) is 12.8 Å². The molecule has 1 amide bonds. The van der Waals surface area contributed by atoms with E-state index in [1.165, 1.54) is 7.11 Å². The average Bonchev–Trinajstić information content (AvgIpc) is 2.87. The molecule has 0 aromatic carbocycles. The third-order valence-corrected chi connectivity index (χ3v) is 3.40. The summed E-state index contributed by atoms with van der Waals surface area (Å²) < 4.78 is 4.91. The molecule has 6 heteroatoms. The molecule has 1 aliphatic rings. The molecule has 0 bridgehead atoms. The van der Waals surface area contributed by atoms with E-state index in [4.69, 9.17) is 4.74 Å². The van der Waals surface area contributed by atoms with Crippen molar-refractivity contribution in [3.05, 3.63) is 17.8 Å². The first-order chi connectivity index (χ1) is 8.93. The van der Waals surface area contributed by atoms with Gasteiger partial charge in [-0.25, -0.2) is 0 Å². The number of amides is 1. The number of methoxy groups -OCH3 is 1. The van der Waals surface area contributed by atoms with Gasteiger partial charge in [0, 0.05) is 12.6 Å². The molecule has 0 spiro atoms. The molecule has 1 N–H and O–H groups in total. The largest absolute Gasteiger partial charge is 0.480 e. The Labute approximate surface area is 112 Å². The van der Waals surface area contributed by atoms with Gasteiger partial charge >= 0.3 is 0 Å². The summed E-state index contributed by atoms with van der Waals surface area (Å²) in [6.45, 7) is 4.09. The molecule has 1 fully saturated rings. The van der Waals surface area contributed by atoms with Crippen LogP contribution in [-0.4, -0.2) is 51.4 Å². The van der Waals surface area contributed by atoms with Crippen LogP contribution in [-0.2, 0) is 0 Å². The van der Waals surface area contributed by atoms with Crippen LogP contribution in [0.1, 0.15) is 37.2 Å². The lowest BCUT2D eigenvalue weighted by Gasteiger charge is -2.33. The Morgan fingerprint density at radius 2 is 2.21 bits per heavy atom. The Morgan fingerprint density at radius 3 is 2.74 bits per heavy atom. The first-order valence-electron chi connectivity index (χ1n) is 6.34. The fraction of sp³-hybridized carbons (Fsp3) is 0.615. The quantitative estimate of drug-likeness (QED) is 0.877. The van der Waals surface area contributed by atoms with E-state index in [0.29, 0.717) is 12.4 Å². The minimum absolute atomic E-state index is 0.177. The van der Waals surface area contributed by atoms with E-state index in [-0.39, 0.29) is 17.6 Å². The maximum Gasteiger partial charge on any atom is 0.274 e. The molecule has 1 unspecified atom stereocenters. The maximum absolute atomic E-state index is 12.4. The fourth-order valence-electron chi connectivity index (χ4n) is 2.43. The number of likely N-dealkylation sites (tertiary alicyclic amines) is 1. The van der Waals surface area contributed by atoms with Crippen molar-refractivity contribution in [2.75, 3.05) is 13.7 Å². The van der Waals surface area contributed by atoms with Gasteiger partial charge in [0.1, 0.15) is 0 Å². The van der Waals surface area contributed by atoms with Crippen molar-refractivity contribution >= 4 is 5.91 Å². The summed E-state index contributed by atoms with van der Waals surface area (Å²) >= 11 is 0. The molecule has 1 aromatic rings. The van der Waals surface area contributed by atoms with Crippen molar-refractivity contribution in [1.29, 1.82) is 0 Å². The molecule has 2 rings (SSSR count). The summed E-state index contributed by atoms with van der Waals surface area (Å²) in [5.74, 6) is 0.178. The molecule has 0 aliphatic carbocycles. The summed E-state index contributed by atoms with van der Waals surface area (Å²) in [6, 6.07) is 3.02. The first kappa shape index (κ1) is 13.7. The molecule has 2 heterocycles. The van der Waals surface area contributed by atoms with E-state index in [1.807, 2.05) is 0 Å². The molecular weight excluding hydrogens is 246 g/mol. The van der Waals surface area contributed by atoms with E-state index in [1.54, 1.807) is 30.9 Å². The van der Waals surface area contributed by atoms with Gasteiger partial charge in [-0.2, -0.15) is 0 Å². The third-order valence-electron chi connectivity index (χ3n) is 3.40. The van der Waals surface area contributed by atoms with Gasteiger partial charge in [0.15, 0.2) is 5.69 Å². The maximum atomic E-state index is 12.4. The number of aromatic nitrogens is 2. The van der Waals surface area contributed by atoms with E-state index in [9.17, 15) is 9.90 Å². The van der Waals surface area contributed by atoms with Crippen molar-refractivity contribution < 1.29 is 14.6 Å². The van der Waals surface area contributed by atoms with Gasteiger partial charge in [0.2, 0.25) is 5.88 Å². The van der Waals surface area contributed by atoms with Crippen molar-refractivity contribution in [2.24, 2.45) is 0 Å². The summed E-state index contributed by atoms with van der Waals surface area (Å²) in [7, 11) is 1.50. The summed E-state index contributed by atoms with van der Waals surface area (Å²) in [5.41, 5.74) is -0.636. The van der Waals surface area contributed by atoms with Crippen molar-refractivity contribution in [1.82, 2.24) is 15.1 Å². The minimum Gasteiger partial charge on any atom is -0.480 e. The number of aliphatic hydroxyl groups is 1. The zero-order valence-electron chi connectivity index (χ0n) is 11.5. The van der Waals surface area contributed by atoms with Crippen LogP contribution in [0.2, 0.25) is 0 Å². The molecule has 1 aliphatic heterocycles. The number of carbonyl (C=O) groups excluding carboxylic acids is 1. The van der Waals surface area contributed by atoms with Crippen LogP contribution in [0.4, 0.5) is 0 Å². The van der Waals surface area contributed by atoms with Crippen LogP contribution < -0.4 is 4.74 Å². The zero-order chi connectivity index (χ0) is 14.0. The Balaban J connectivity index is 2.18. The molecule has 104 valence electrons. The lowest BCUT2D eigenvalue weighted by atomic mass is 9.96. The molecule has 0 radical (unpaired) electrons. The lowest BCUT2D eigenvalue weighted by Crippen LogP contribution is -2.48. The summed E-state index contributed by atoms with van der Waals surface area (Å²) in [5, 5.41) is 17.8. The third kappa shape index (κ3) is 2.84. The summed E-state index contributed by atoms with van der Waals surface area (Å²) in [6.07, 6.45) is 1.70. The summed E-state index contributed by atoms with van der Waals surface area (Å²) in [4.78, 5) is 14.1. The predicted molar refractivity (Wildman–Crippen MR) is 68.9 cm³/mol. The number of ether oxygens (including phenoxy) is 1. The standard InChI is InChI=1S/C13H19N3O3/c1-13(2,18)10-5-4-8-16(10)12(17)9-6-7-11(19-3)15-14-9/h6-7,10,18H,4-5,8H2,1-3H3. The van der Waals surface area contributed by atoms with Gasteiger partial charge in [-0.3, -0.25) is 4.79 Å². The normalized spacial score (nSPS) is 19.6. The molecular formula is C13H19N3O3. The second-order valence-corrected chi connectivity index (χ2v) is 5.27. The van der Waals surface area contributed by atoms with Crippen LogP contribution >= 0.6 is 0 Å². The number of carbonyl (C=O) groups is 1. The van der Waals surface area contributed by atoms with Crippen molar-refractivity contribution in [3.8, 4) is 5.88 Å². The number of rotatable bonds is 3. The van der Waals surface area contributed by atoms with Gasteiger partial charge in [-0.1, -0.05) is 0 Å². The molecule has 1 saturated heterocycles. The monoisotopic (exact) mass is 265 g/mol.